The van der Waals surface area contributed by atoms with Crippen LogP contribution in [0.3, 0.4) is 0 Å². The highest BCUT2D eigenvalue weighted by atomic mass is 16.5. The lowest BCUT2D eigenvalue weighted by Crippen LogP contribution is -2.51. The molecular formula is C29H37N3O3. The molecule has 35 heavy (non-hydrogen) atoms. The third-order valence-electron chi connectivity index (χ3n) is 8.50. The maximum atomic E-state index is 13.3. The minimum absolute atomic E-state index is 0.0195. The van der Waals surface area contributed by atoms with Crippen molar-refractivity contribution in [3.8, 4) is 5.75 Å². The summed E-state index contributed by atoms with van der Waals surface area (Å²) in [6.07, 6.45) is 7.10. The van der Waals surface area contributed by atoms with E-state index < -0.39 is 0 Å². The molecule has 186 valence electrons. The zero-order valence-corrected chi connectivity index (χ0v) is 21.0. The van der Waals surface area contributed by atoms with Crippen molar-refractivity contribution in [2.24, 2.45) is 23.2 Å². The van der Waals surface area contributed by atoms with Crippen LogP contribution in [0.5, 0.6) is 5.75 Å². The lowest BCUT2D eigenvalue weighted by molar-refractivity contribution is -0.140. The molecule has 4 fully saturated rings. The van der Waals surface area contributed by atoms with E-state index in [1.54, 1.807) is 19.2 Å². The number of benzene rings is 2. The molecule has 6 nitrogen and oxygen atoms in total. The maximum absolute atomic E-state index is 13.3. The molecule has 4 aliphatic rings. The van der Waals surface area contributed by atoms with E-state index in [9.17, 15) is 9.59 Å². The van der Waals surface area contributed by atoms with Gasteiger partial charge in [-0.2, -0.15) is 0 Å². The number of carbonyl (C=O) groups is 2. The Balaban J connectivity index is 1.20. The molecule has 4 bridgehead atoms. The largest absolute Gasteiger partial charge is 0.496 e. The van der Waals surface area contributed by atoms with Gasteiger partial charge >= 0.3 is 0 Å². The molecule has 2 aromatic carbocycles. The highest BCUT2D eigenvalue weighted by Gasteiger charge is 2.54. The first-order valence-electron chi connectivity index (χ1n) is 12.9. The van der Waals surface area contributed by atoms with E-state index in [-0.39, 0.29) is 23.3 Å². The molecule has 1 atom stereocenters. The summed E-state index contributed by atoms with van der Waals surface area (Å²) in [6, 6.07) is 15.1. The molecular weight excluding hydrogens is 438 g/mol. The van der Waals surface area contributed by atoms with Crippen LogP contribution in [0.15, 0.2) is 48.5 Å². The molecule has 0 aliphatic heterocycles. The third-order valence-corrected chi connectivity index (χ3v) is 8.50. The van der Waals surface area contributed by atoms with E-state index in [1.807, 2.05) is 50.5 Å². The van der Waals surface area contributed by atoms with E-state index in [4.69, 9.17) is 4.74 Å². The van der Waals surface area contributed by atoms with Crippen LogP contribution in [-0.4, -0.2) is 44.5 Å². The van der Waals surface area contributed by atoms with Gasteiger partial charge in [-0.05, 0) is 101 Å². The van der Waals surface area contributed by atoms with Crippen LogP contribution >= 0.6 is 0 Å². The SMILES string of the molecule is COc1ccccc1C(CNC(=O)c1ccc(NC(=O)C23CC4CC(CC(C4)C2)C3)cc1)N(C)C. The summed E-state index contributed by atoms with van der Waals surface area (Å²) in [7, 11) is 5.64. The number of ether oxygens (including phenoxy) is 1. The van der Waals surface area contributed by atoms with Crippen LogP contribution in [0, 0.1) is 23.2 Å². The van der Waals surface area contributed by atoms with Gasteiger partial charge in [0, 0.05) is 23.4 Å². The molecule has 0 heterocycles. The Morgan fingerprint density at radius 3 is 2.14 bits per heavy atom. The number of rotatable bonds is 8. The smallest absolute Gasteiger partial charge is 0.251 e. The highest BCUT2D eigenvalue weighted by molar-refractivity contribution is 5.97. The Labute approximate surface area is 208 Å². The number of carbonyl (C=O) groups excluding carboxylic acids is 2. The molecule has 0 radical (unpaired) electrons. The van der Waals surface area contributed by atoms with Gasteiger partial charge in [-0.3, -0.25) is 9.59 Å². The predicted molar refractivity (Wildman–Crippen MR) is 137 cm³/mol. The highest BCUT2D eigenvalue weighted by Crippen LogP contribution is 2.60. The molecule has 0 spiro atoms. The number of para-hydroxylation sites is 1. The molecule has 1 unspecified atom stereocenters. The molecule has 2 N–H and O–H groups in total. The molecule has 2 amide bonds. The Morgan fingerprint density at radius 1 is 0.971 bits per heavy atom. The van der Waals surface area contributed by atoms with E-state index in [1.165, 1.54) is 19.3 Å². The van der Waals surface area contributed by atoms with Crippen LogP contribution < -0.4 is 15.4 Å². The summed E-state index contributed by atoms with van der Waals surface area (Å²) in [6.45, 7) is 0.455. The zero-order chi connectivity index (χ0) is 24.6. The first-order valence-corrected chi connectivity index (χ1v) is 12.9. The minimum Gasteiger partial charge on any atom is -0.496 e. The van der Waals surface area contributed by atoms with E-state index in [0.29, 0.717) is 12.1 Å². The summed E-state index contributed by atoms with van der Waals surface area (Å²) >= 11 is 0. The minimum atomic E-state index is -0.176. The lowest BCUT2D eigenvalue weighted by Gasteiger charge is -2.55. The number of methoxy groups -OCH3 is 1. The van der Waals surface area contributed by atoms with Gasteiger partial charge in [-0.15, -0.1) is 0 Å². The first-order chi connectivity index (χ1) is 16.9. The molecule has 2 aromatic rings. The number of hydrogen-bond donors (Lipinski definition) is 2. The summed E-state index contributed by atoms with van der Waals surface area (Å²) < 4.78 is 5.52. The number of likely N-dealkylation sites (N-methyl/N-ethyl adjacent to an activating group) is 1. The topological polar surface area (TPSA) is 70.7 Å². The van der Waals surface area contributed by atoms with E-state index in [2.05, 4.69) is 15.5 Å². The average molecular weight is 476 g/mol. The van der Waals surface area contributed by atoms with Gasteiger partial charge in [0.05, 0.1) is 18.6 Å². The summed E-state index contributed by atoms with van der Waals surface area (Å²) in [5.74, 6) is 3.06. The van der Waals surface area contributed by atoms with Crippen LogP contribution in [0.25, 0.3) is 0 Å². The predicted octanol–water partition coefficient (Wildman–Crippen LogP) is 4.88. The molecule has 0 saturated heterocycles. The van der Waals surface area contributed by atoms with Crippen molar-refractivity contribution in [1.29, 1.82) is 0 Å². The Morgan fingerprint density at radius 2 is 1.57 bits per heavy atom. The quantitative estimate of drug-likeness (QED) is 0.571. The Kier molecular flexibility index (Phi) is 6.58. The van der Waals surface area contributed by atoms with Gasteiger partial charge < -0.3 is 20.3 Å². The van der Waals surface area contributed by atoms with E-state index in [0.717, 1.165) is 54.0 Å². The number of nitrogens with one attached hydrogen (secondary N) is 2. The summed E-state index contributed by atoms with van der Waals surface area (Å²) in [5.41, 5.74) is 2.20. The second-order valence-corrected chi connectivity index (χ2v) is 11.2. The summed E-state index contributed by atoms with van der Waals surface area (Å²) in [5, 5.41) is 6.23. The normalized spacial score (nSPS) is 27.5. The summed E-state index contributed by atoms with van der Waals surface area (Å²) in [4.78, 5) is 28.3. The monoisotopic (exact) mass is 475 g/mol. The molecule has 4 aliphatic carbocycles. The standard InChI is InChI=1S/C29H37N3O3/c1-32(2)25(24-6-4-5-7-26(24)35-3)18-30-27(33)22-8-10-23(11-9-22)31-28(34)29-15-19-12-20(16-29)14-21(13-19)17-29/h4-11,19-21,25H,12-18H2,1-3H3,(H,30,33)(H,31,34). The second-order valence-electron chi connectivity index (χ2n) is 11.2. The lowest BCUT2D eigenvalue weighted by atomic mass is 9.49. The van der Waals surface area contributed by atoms with Crippen molar-refractivity contribution in [2.45, 2.75) is 44.6 Å². The van der Waals surface area contributed by atoms with Crippen molar-refractivity contribution >= 4 is 17.5 Å². The number of nitrogens with zero attached hydrogens (tertiary/aromatic N) is 1. The molecule has 6 rings (SSSR count). The number of amides is 2. The van der Waals surface area contributed by atoms with Crippen LogP contribution in [-0.2, 0) is 4.79 Å². The van der Waals surface area contributed by atoms with Gasteiger partial charge in [0.1, 0.15) is 5.75 Å². The fourth-order valence-corrected chi connectivity index (χ4v) is 7.16. The average Bonchev–Trinajstić information content (AvgIpc) is 2.83. The molecule has 6 heteroatoms. The van der Waals surface area contributed by atoms with Gasteiger partial charge in [-0.1, -0.05) is 18.2 Å². The van der Waals surface area contributed by atoms with Gasteiger partial charge in [0.15, 0.2) is 0 Å². The van der Waals surface area contributed by atoms with Crippen LogP contribution in [0.4, 0.5) is 5.69 Å². The molecule has 4 saturated carbocycles. The van der Waals surface area contributed by atoms with Crippen molar-refractivity contribution in [3.63, 3.8) is 0 Å². The zero-order valence-electron chi connectivity index (χ0n) is 21.0. The van der Waals surface area contributed by atoms with Crippen molar-refractivity contribution in [1.82, 2.24) is 10.2 Å². The van der Waals surface area contributed by atoms with Crippen molar-refractivity contribution < 1.29 is 14.3 Å². The van der Waals surface area contributed by atoms with Gasteiger partial charge in [0.2, 0.25) is 5.91 Å². The van der Waals surface area contributed by atoms with Crippen LogP contribution in [0.1, 0.15) is 60.5 Å². The number of anilines is 1. The fraction of sp³-hybridized carbons (Fsp3) is 0.517. The first kappa shape index (κ1) is 23.9. The van der Waals surface area contributed by atoms with Gasteiger partial charge in [0.25, 0.3) is 5.91 Å². The number of hydrogen-bond acceptors (Lipinski definition) is 4. The van der Waals surface area contributed by atoms with Gasteiger partial charge in [-0.25, -0.2) is 0 Å². The van der Waals surface area contributed by atoms with E-state index >= 15 is 0 Å². The Hall–Kier alpha value is -2.86. The third kappa shape index (κ3) is 4.81. The maximum Gasteiger partial charge on any atom is 0.251 e. The van der Waals surface area contributed by atoms with Crippen molar-refractivity contribution in [3.05, 3.63) is 59.7 Å². The Bertz CT molecular complexity index is 1040. The second kappa shape index (κ2) is 9.65. The van der Waals surface area contributed by atoms with Crippen LogP contribution in [0.2, 0.25) is 0 Å². The van der Waals surface area contributed by atoms with Crippen molar-refractivity contribution in [2.75, 3.05) is 33.1 Å². The fourth-order valence-electron chi connectivity index (χ4n) is 7.16. The molecule has 0 aromatic heterocycles.